The lowest BCUT2D eigenvalue weighted by atomic mass is 10.1. The zero-order chi connectivity index (χ0) is 12.1. The van der Waals surface area contributed by atoms with E-state index in [1.54, 1.807) is 0 Å². The second-order valence-corrected chi connectivity index (χ2v) is 5.85. The van der Waals surface area contributed by atoms with E-state index >= 15 is 0 Å². The smallest absolute Gasteiger partial charge is 0.0247 e. The monoisotopic (exact) mass is 227 g/mol. The van der Waals surface area contributed by atoms with E-state index in [1.165, 1.54) is 25.8 Å². The first-order chi connectivity index (χ1) is 7.50. The first-order valence-electron chi connectivity index (χ1n) is 6.65. The van der Waals surface area contributed by atoms with Crippen LogP contribution in [0.15, 0.2) is 0 Å². The van der Waals surface area contributed by atoms with Crippen molar-refractivity contribution in [3.05, 3.63) is 0 Å². The number of nitrogens with zero attached hydrogens (tertiary/aromatic N) is 2. The molecule has 3 heteroatoms. The first kappa shape index (κ1) is 13.9. The van der Waals surface area contributed by atoms with Crippen molar-refractivity contribution in [2.75, 3.05) is 33.7 Å². The third-order valence-corrected chi connectivity index (χ3v) is 3.43. The number of rotatable bonds is 6. The topological polar surface area (TPSA) is 32.5 Å². The SMILES string of the molecule is CC(C)CN(CCN(C)C)C1CCCC1N. The molecule has 0 amide bonds. The average molecular weight is 227 g/mol. The van der Waals surface area contributed by atoms with Crippen LogP contribution in [0.2, 0.25) is 0 Å². The van der Waals surface area contributed by atoms with Gasteiger partial charge in [0.25, 0.3) is 0 Å². The van der Waals surface area contributed by atoms with Gasteiger partial charge in [0.15, 0.2) is 0 Å². The van der Waals surface area contributed by atoms with Crippen molar-refractivity contribution < 1.29 is 0 Å². The Bertz CT molecular complexity index is 192. The third-order valence-electron chi connectivity index (χ3n) is 3.43. The minimum Gasteiger partial charge on any atom is -0.326 e. The van der Waals surface area contributed by atoms with E-state index in [-0.39, 0.29) is 0 Å². The highest BCUT2D eigenvalue weighted by molar-refractivity contribution is 4.88. The van der Waals surface area contributed by atoms with Crippen LogP contribution in [0, 0.1) is 5.92 Å². The molecule has 3 nitrogen and oxygen atoms in total. The lowest BCUT2D eigenvalue weighted by Crippen LogP contribution is -2.48. The maximum Gasteiger partial charge on any atom is 0.0247 e. The lowest BCUT2D eigenvalue weighted by Gasteiger charge is -2.33. The van der Waals surface area contributed by atoms with Crippen LogP contribution in [0.1, 0.15) is 33.1 Å². The predicted octanol–water partition coefficient (Wildman–Crippen LogP) is 1.39. The fourth-order valence-electron chi connectivity index (χ4n) is 2.61. The predicted molar refractivity (Wildman–Crippen MR) is 70.6 cm³/mol. The first-order valence-corrected chi connectivity index (χ1v) is 6.65. The molecule has 2 N–H and O–H groups in total. The molecular weight excluding hydrogens is 198 g/mol. The molecule has 0 bridgehead atoms. The van der Waals surface area contributed by atoms with Gasteiger partial charge < -0.3 is 10.6 Å². The average Bonchev–Trinajstić information content (AvgIpc) is 2.58. The van der Waals surface area contributed by atoms with E-state index in [0.717, 1.165) is 19.0 Å². The minimum absolute atomic E-state index is 0.404. The van der Waals surface area contributed by atoms with E-state index < -0.39 is 0 Å². The Morgan fingerprint density at radius 2 is 1.88 bits per heavy atom. The van der Waals surface area contributed by atoms with Gasteiger partial charge in [-0.25, -0.2) is 0 Å². The van der Waals surface area contributed by atoms with Crippen molar-refractivity contribution in [3.63, 3.8) is 0 Å². The van der Waals surface area contributed by atoms with Gasteiger partial charge in [0.1, 0.15) is 0 Å². The molecule has 1 aliphatic rings. The Labute approximate surface area is 101 Å². The van der Waals surface area contributed by atoms with Gasteiger partial charge in [-0.1, -0.05) is 20.3 Å². The van der Waals surface area contributed by atoms with E-state index in [9.17, 15) is 0 Å². The molecule has 1 fully saturated rings. The highest BCUT2D eigenvalue weighted by Crippen LogP contribution is 2.23. The van der Waals surface area contributed by atoms with E-state index in [2.05, 4.69) is 37.7 Å². The van der Waals surface area contributed by atoms with Crippen LogP contribution in [0.4, 0.5) is 0 Å². The molecular formula is C13H29N3. The third kappa shape index (κ3) is 4.40. The maximum absolute atomic E-state index is 6.21. The lowest BCUT2D eigenvalue weighted by molar-refractivity contribution is 0.151. The molecule has 0 aromatic rings. The normalized spacial score (nSPS) is 26.2. The largest absolute Gasteiger partial charge is 0.326 e. The summed E-state index contributed by atoms with van der Waals surface area (Å²) in [7, 11) is 4.28. The van der Waals surface area contributed by atoms with Gasteiger partial charge in [0, 0.05) is 31.7 Å². The maximum atomic E-state index is 6.21. The molecule has 2 unspecified atom stereocenters. The Morgan fingerprint density at radius 1 is 1.19 bits per heavy atom. The highest BCUT2D eigenvalue weighted by atomic mass is 15.2. The fraction of sp³-hybridized carbons (Fsp3) is 1.00. The second kappa shape index (κ2) is 6.58. The van der Waals surface area contributed by atoms with Crippen molar-refractivity contribution in [1.29, 1.82) is 0 Å². The zero-order valence-electron chi connectivity index (χ0n) is 11.4. The molecule has 1 saturated carbocycles. The van der Waals surface area contributed by atoms with Crippen molar-refractivity contribution in [2.24, 2.45) is 11.7 Å². The van der Waals surface area contributed by atoms with Crippen LogP contribution < -0.4 is 5.73 Å². The zero-order valence-corrected chi connectivity index (χ0v) is 11.4. The number of hydrogen-bond acceptors (Lipinski definition) is 3. The summed E-state index contributed by atoms with van der Waals surface area (Å²) < 4.78 is 0. The molecule has 0 saturated heterocycles. The van der Waals surface area contributed by atoms with Gasteiger partial charge in [-0.15, -0.1) is 0 Å². The minimum atomic E-state index is 0.404. The molecule has 0 spiro atoms. The van der Waals surface area contributed by atoms with Crippen molar-refractivity contribution >= 4 is 0 Å². The van der Waals surface area contributed by atoms with E-state index in [1.807, 2.05) is 0 Å². The molecule has 1 aliphatic carbocycles. The standard InChI is InChI=1S/C13H29N3/c1-11(2)10-16(9-8-15(3)4)13-7-5-6-12(13)14/h11-13H,5-10,14H2,1-4H3. The summed E-state index contributed by atoms with van der Waals surface area (Å²) in [5.74, 6) is 0.731. The molecule has 0 aromatic carbocycles. The summed E-state index contributed by atoms with van der Waals surface area (Å²) in [6.45, 7) is 8.07. The number of likely N-dealkylation sites (N-methyl/N-ethyl adjacent to an activating group) is 1. The molecule has 16 heavy (non-hydrogen) atoms. The van der Waals surface area contributed by atoms with Gasteiger partial charge in [0.2, 0.25) is 0 Å². The summed E-state index contributed by atoms with van der Waals surface area (Å²) >= 11 is 0. The summed E-state index contributed by atoms with van der Waals surface area (Å²) in [6.07, 6.45) is 3.81. The van der Waals surface area contributed by atoms with E-state index in [4.69, 9.17) is 5.73 Å². The highest BCUT2D eigenvalue weighted by Gasteiger charge is 2.29. The summed E-state index contributed by atoms with van der Waals surface area (Å²) in [5.41, 5.74) is 6.21. The molecule has 96 valence electrons. The number of hydrogen-bond donors (Lipinski definition) is 1. The summed E-state index contributed by atoms with van der Waals surface area (Å²) in [4.78, 5) is 4.87. The van der Waals surface area contributed by atoms with Gasteiger partial charge in [-0.05, 0) is 32.9 Å². The van der Waals surface area contributed by atoms with Crippen LogP contribution in [0.5, 0.6) is 0 Å². The molecule has 0 aliphatic heterocycles. The quantitative estimate of drug-likeness (QED) is 0.744. The van der Waals surface area contributed by atoms with Gasteiger partial charge in [-0.3, -0.25) is 4.90 Å². The van der Waals surface area contributed by atoms with E-state index in [0.29, 0.717) is 12.1 Å². The van der Waals surface area contributed by atoms with Gasteiger partial charge in [0.05, 0.1) is 0 Å². The van der Waals surface area contributed by atoms with Crippen LogP contribution in [-0.2, 0) is 0 Å². The van der Waals surface area contributed by atoms with Gasteiger partial charge >= 0.3 is 0 Å². The van der Waals surface area contributed by atoms with Crippen LogP contribution in [0.25, 0.3) is 0 Å². The molecule has 2 atom stereocenters. The van der Waals surface area contributed by atoms with Crippen LogP contribution in [-0.4, -0.2) is 55.6 Å². The van der Waals surface area contributed by atoms with Crippen molar-refractivity contribution in [3.8, 4) is 0 Å². The Hall–Kier alpha value is -0.120. The van der Waals surface area contributed by atoms with Crippen LogP contribution in [0.3, 0.4) is 0 Å². The molecule has 0 heterocycles. The van der Waals surface area contributed by atoms with Gasteiger partial charge in [-0.2, -0.15) is 0 Å². The number of nitrogens with two attached hydrogens (primary N) is 1. The second-order valence-electron chi connectivity index (χ2n) is 5.85. The Balaban J connectivity index is 2.48. The Morgan fingerprint density at radius 3 is 2.31 bits per heavy atom. The fourth-order valence-corrected chi connectivity index (χ4v) is 2.61. The van der Waals surface area contributed by atoms with Crippen molar-refractivity contribution in [2.45, 2.75) is 45.2 Å². The molecule has 1 rings (SSSR count). The molecule has 0 radical (unpaired) electrons. The van der Waals surface area contributed by atoms with Crippen molar-refractivity contribution in [1.82, 2.24) is 9.80 Å². The van der Waals surface area contributed by atoms with Crippen LogP contribution >= 0.6 is 0 Å². The Kier molecular flexibility index (Phi) is 5.73. The summed E-state index contributed by atoms with van der Waals surface area (Å²) in [6, 6.07) is 1.03. The molecule has 0 aromatic heterocycles. The summed E-state index contributed by atoms with van der Waals surface area (Å²) in [5, 5.41) is 0.